The Bertz CT molecular complexity index is 1590. The second kappa shape index (κ2) is 17.9. The summed E-state index contributed by atoms with van der Waals surface area (Å²) in [5, 5.41) is 6.94. The molecule has 0 radical (unpaired) electrons. The zero-order valence-electron chi connectivity index (χ0n) is 35.2. The molecule has 0 bridgehead atoms. The van der Waals surface area contributed by atoms with Gasteiger partial charge in [-0.25, -0.2) is 4.79 Å². The van der Waals surface area contributed by atoms with Crippen molar-refractivity contribution >= 4 is 45.3 Å². The topological polar surface area (TPSA) is 148 Å². The molecule has 2 N–H and O–H groups in total. The van der Waals surface area contributed by atoms with Crippen LogP contribution < -0.4 is 10.6 Å². The summed E-state index contributed by atoms with van der Waals surface area (Å²) in [6.07, 6.45) is 19.2. The number of nitrogens with one attached hydrogen (secondary N) is 2. The quantitative estimate of drug-likeness (QED) is 0.0427. The number of esters is 2. The Balaban J connectivity index is 0.663. The number of epoxide rings is 3. The predicted octanol–water partition coefficient (Wildman–Crippen LogP) is 7.67. The molecule has 324 valence electrons. The van der Waals surface area contributed by atoms with E-state index in [1.165, 1.54) is 70.0 Å². The highest BCUT2D eigenvalue weighted by molar-refractivity contribution is 8.77. The SMILES string of the molecule is CC(C)[C@]12O[C@H]1[C@@H]1O[C@]13[C@]1(O[C@H]1C[C@H]1C4=C(CC[C@@]13C)C(=O)OC4)[C@@H]2OC(=O)CCCC(=O)NCCCCCCCCCCCCNC(=O)CCCCC1CCSS1. The summed E-state index contributed by atoms with van der Waals surface area (Å²) < 4.78 is 31.9. The number of hydrogen-bond donors (Lipinski definition) is 2. The van der Waals surface area contributed by atoms with Gasteiger partial charge in [0, 0.05) is 54.3 Å². The van der Waals surface area contributed by atoms with E-state index in [9.17, 15) is 19.2 Å². The Labute approximate surface area is 353 Å². The molecule has 58 heavy (non-hydrogen) atoms. The fourth-order valence-corrected chi connectivity index (χ4v) is 15.0. The van der Waals surface area contributed by atoms with Crippen LogP contribution in [0.1, 0.15) is 156 Å². The van der Waals surface area contributed by atoms with Crippen LogP contribution in [-0.4, -0.2) is 95.7 Å². The molecular formula is C45H68N2O9S2. The molecule has 6 fully saturated rings. The average Bonchev–Trinajstić information content (AvgIpc) is 4.15. The van der Waals surface area contributed by atoms with E-state index in [1.807, 2.05) is 21.6 Å². The molecule has 10 atom stereocenters. The monoisotopic (exact) mass is 844 g/mol. The van der Waals surface area contributed by atoms with Crippen molar-refractivity contribution in [1.29, 1.82) is 0 Å². The number of ether oxygens (including phenoxy) is 5. The molecule has 8 rings (SSSR count). The van der Waals surface area contributed by atoms with Crippen LogP contribution in [0.2, 0.25) is 0 Å². The molecule has 1 unspecified atom stereocenters. The second-order valence-corrected chi connectivity index (χ2v) is 21.8. The number of fused-ring (bicyclic) bond motifs is 4. The van der Waals surface area contributed by atoms with Crippen LogP contribution in [0.15, 0.2) is 11.1 Å². The lowest BCUT2D eigenvalue weighted by Gasteiger charge is -2.53. The van der Waals surface area contributed by atoms with Crippen LogP contribution in [0.5, 0.6) is 0 Å². The first-order chi connectivity index (χ1) is 28.1. The Kier molecular flexibility index (Phi) is 13.2. The molecule has 0 aromatic carbocycles. The molecular weight excluding hydrogens is 777 g/mol. The van der Waals surface area contributed by atoms with Gasteiger partial charge in [0.05, 0.1) is 6.10 Å². The highest BCUT2D eigenvalue weighted by Crippen LogP contribution is 2.83. The van der Waals surface area contributed by atoms with Gasteiger partial charge in [-0.3, -0.25) is 14.4 Å². The summed E-state index contributed by atoms with van der Waals surface area (Å²) in [6, 6.07) is 0. The summed E-state index contributed by atoms with van der Waals surface area (Å²) in [4.78, 5) is 50.7. The number of hydrogen-bond acceptors (Lipinski definition) is 11. The van der Waals surface area contributed by atoms with Crippen molar-refractivity contribution in [3.63, 3.8) is 0 Å². The van der Waals surface area contributed by atoms with E-state index in [0.29, 0.717) is 32.4 Å². The van der Waals surface area contributed by atoms with Crippen LogP contribution in [0.25, 0.3) is 0 Å². The number of amides is 2. The molecule has 5 heterocycles. The van der Waals surface area contributed by atoms with Crippen LogP contribution >= 0.6 is 21.6 Å². The number of unbranched alkanes of at least 4 members (excludes halogenated alkanes) is 10. The molecule has 8 aliphatic rings. The number of carbonyl (C=O) groups is 4. The van der Waals surface area contributed by atoms with E-state index < -0.39 is 22.9 Å². The van der Waals surface area contributed by atoms with E-state index >= 15 is 0 Å². The van der Waals surface area contributed by atoms with E-state index in [0.717, 1.165) is 61.5 Å². The molecule has 11 nitrogen and oxygen atoms in total. The van der Waals surface area contributed by atoms with Gasteiger partial charge in [-0.05, 0) is 75.2 Å². The van der Waals surface area contributed by atoms with E-state index in [1.54, 1.807) is 0 Å². The molecule has 13 heteroatoms. The number of carbonyl (C=O) groups excluding carboxylic acids is 4. The second-order valence-electron chi connectivity index (χ2n) is 19.0. The van der Waals surface area contributed by atoms with Crippen molar-refractivity contribution in [1.82, 2.24) is 10.6 Å². The van der Waals surface area contributed by atoms with Gasteiger partial charge < -0.3 is 34.3 Å². The highest BCUT2D eigenvalue weighted by Gasteiger charge is 3.01. The first-order valence-electron chi connectivity index (χ1n) is 23.0. The lowest BCUT2D eigenvalue weighted by atomic mass is 9.46. The average molecular weight is 845 g/mol. The molecule has 0 aromatic heterocycles. The van der Waals surface area contributed by atoms with Crippen LogP contribution in [0, 0.1) is 17.3 Å². The maximum atomic E-state index is 13.5. The fraction of sp³-hybridized carbons (Fsp3) is 0.867. The number of cyclic esters (lactones) is 1. The lowest BCUT2D eigenvalue weighted by Crippen LogP contribution is -2.70. The zero-order chi connectivity index (χ0) is 40.5. The lowest BCUT2D eigenvalue weighted by molar-refractivity contribution is -0.169. The summed E-state index contributed by atoms with van der Waals surface area (Å²) in [6.45, 7) is 8.34. The molecule has 2 spiro atoms. The molecule has 5 aliphatic heterocycles. The normalized spacial score (nSPS) is 37.1. The predicted molar refractivity (Wildman–Crippen MR) is 224 cm³/mol. The zero-order valence-corrected chi connectivity index (χ0v) is 36.8. The van der Waals surface area contributed by atoms with Gasteiger partial charge in [0.25, 0.3) is 0 Å². The first-order valence-corrected chi connectivity index (χ1v) is 25.4. The Morgan fingerprint density at radius 1 is 0.828 bits per heavy atom. The Morgan fingerprint density at radius 3 is 2.16 bits per heavy atom. The third kappa shape index (κ3) is 7.92. The van der Waals surface area contributed by atoms with Crippen molar-refractivity contribution in [3.8, 4) is 0 Å². The maximum Gasteiger partial charge on any atom is 0.334 e. The minimum Gasteiger partial charge on any atom is -0.458 e. The van der Waals surface area contributed by atoms with Gasteiger partial charge >= 0.3 is 11.9 Å². The Morgan fingerprint density at radius 2 is 1.50 bits per heavy atom. The van der Waals surface area contributed by atoms with Crippen molar-refractivity contribution in [2.24, 2.45) is 17.3 Å². The summed E-state index contributed by atoms with van der Waals surface area (Å²) in [7, 11) is 4.02. The minimum atomic E-state index is -0.762. The van der Waals surface area contributed by atoms with E-state index in [4.69, 9.17) is 23.7 Å². The van der Waals surface area contributed by atoms with Crippen LogP contribution in [0.3, 0.4) is 0 Å². The third-order valence-corrected chi connectivity index (χ3v) is 18.3. The highest BCUT2D eigenvalue weighted by atomic mass is 33.1. The largest absolute Gasteiger partial charge is 0.458 e. The third-order valence-electron chi connectivity index (χ3n) is 15.3. The van der Waals surface area contributed by atoms with Gasteiger partial charge in [0.2, 0.25) is 11.8 Å². The summed E-state index contributed by atoms with van der Waals surface area (Å²) in [5.41, 5.74) is -0.378. The smallest absolute Gasteiger partial charge is 0.334 e. The van der Waals surface area contributed by atoms with Crippen molar-refractivity contribution in [2.75, 3.05) is 25.4 Å². The molecule has 4 saturated heterocycles. The van der Waals surface area contributed by atoms with Gasteiger partial charge in [0.1, 0.15) is 30.0 Å². The van der Waals surface area contributed by atoms with Gasteiger partial charge in [-0.1, -0.05) is 100 Å². The van der Waals surface area contributed by atoms with Crippen molar-refractivity contribution in [3.05, 3.63) is 11.1 Å². The molecule has 2 saturated carbocycles. The van der Waals surface area contributed by atoms with Crippen molar-refractivity contribution in [2.45, 2.75) is 202 Å². The first kappa shape index (κ1) is 42.9. The van der Waals surface area contributed by atoms with Crippen LogP contribution in [-0.2, 0) is 42.9 Å². The molecule has 2 amide bonds. The van der Waals surface area contributed by atoms with E-state index in [-0.39, 0.29) is 72.2 Å². The standard InChI is InChI=1S/C45H68N2O9S2/c1-29(2)43-38(55-43)39-45(56-39)42(3)23-21-31-32(28-52-40(31)51)33(42)27-34-44(45,54-34)41(43)53-37(50)20-16-19-36(49)47-25-15-11-9-7-5-4-6-8-10-14-24-46-35(48)18-13-12-17-30-22-26-57-58-30/h29-30,33-34,38-39,41H,4-28H2,1-3H3,(H,46,48)(H,47,49)/t30?,33-,34-,38-,39-,41+,42-,43-,44+,45+/m0/s1. The van der Waals surface area contributed by atoms with Gasteiger partial charge in [-0.2, -0.15) is 0 Å². The minimum absolute atomic E-state index is 0.0219. The van der Waals surface area contributed by atoms with Crippen LogP contribution in [0.4, 0.5) is 0 Å². The molecule has 0 aromatic rings. The number of rotatable bonds is 24. The Hall–Kier alpha value is -1.80. The van der Waals surface area contributed by atoms with Crippen molar-refractivity contribution < 1.29 is 42.9 Å². The summed E-state index contributed by atoms with van der Waals surface area (Å²) in [5.74, 6) is 1.19. The molecule has 3 aliphatic carbocycles. The van der Waals surface area contributed by atoms with Gasteiger partial charge in [-0.15, -0.1) is 0 Å². The van der Waals surface area contributed by atoms with E-state index in [2.05, 4.69) is 31.4 Å². The van der Waals surface area contributed by atoms with Gasteiger partial charge in [0.15, 0.2) is 11.7 Å². The summed E-state index contributed by atoms with van der Waals surface area (Å²) >= 11 is 0. The fourth-order valence-electron chi connectivity index (χ4n) is 11.9. The maximum absolute atomic E-state index is 13.5.